The third-order valence-corrected chi connectivity index (χ3v) is 4.25. The molecule has 4 nitrogen and oxygen atoms in total. The highest BCUT2D eigenvalue weighted by Crippen LogP contribution is 2.33. The molecule has 0 aromatic heterocycles. The van der Waals surface area contributed by atoms with E-state index in [4.69, 9.17) is 9.47 Å². The van der Waals surface area contributed by atoms with Gasteiger partial charge in [-0.15, -0.1) is 0 Å². The summed E-state index contributed by atoms with van der Waals surface area (Å²) in [5.74, 6) is 2.36. The van der Waals surface area contributed by atoms with Crippen LogP contribution in [0.5, 0.6) is 11.5 Å². The molecule has 0 bridgehead atoms. The van der Waals surface area contributed by atoms with Gasteiger partial charge in [-0.3, -0.25) is 4.90 Å². The molecule has 1 fully saturated rings. The van der Waals surface area contributed by atoms with E-state index in [2.05, 4.69) is 29.3 Å². The molecule has 112 valence electrons. The van der Waals surface area contributed by atoms with Gasteiger partial charge in [0.2, 0.25) is 0 Å². The van der Waals surface area contributed by atoms with Gasteiger partial charge in [-0.2, -0.15) is 0 Å². The van der Waals surface area contributed by atoms with Crippen LogP contribution in [-0.4, -0.2) is 45.8 Å². The Bertz CT molecular complexity index is 436. The van der Waals surface area contributed by atoms with E-state index < -0.39 is 0 Å². The van der Waals surface area contributed by atoms with E-state index in [1.165, 1.54) is 18.5 Å². The maximum Gasteiger partial charge on any atom is 0.161 e. The van der Waals surface area contributed by atoms with Gasteiger partial charge in [-0.1, -0.05) is 6.07 Å². The van der Waals surface area contributed by atoms with Crippen LogP contribution in [0.1, 0.15) is 24.9 Å². The minimum Gasteiger partial charge on any atom is -0.493 e. The van der Waals surface area contributed by atoms with Gasteiger partial charge in [0.05, 0.1) is 14.2 Å². The molecule has 0 radical (unpaired) electrons. The Kier molecular flexibility index (Phi) is 5.26. The van der Waals surface area contributed by atoms with E-state index >= 15 is 0 Å². The molecule has 2 rings (SSSR count). The molecule has 1 saturated heterocycles. The fourth-order valence-electron chi connectivity index (χ4n) is 2.99. The average Bonchev–Trinajstić information content (AvgIpc) is 2.94. The molecule has 4 heteroatoms. The van der Waals surface area contributed by atoms with Gasteiger partial charge in [0.25, 0.3) is 0 Å². The van der Waals surface area contributed by atoms with Crippen LogP contribution < -0.4 is 14.8 Å². The lowest BCUT2D eigenvalue weighted by atomic mass is 10.1. The lowest BCUT2D eigenvalue weighted by Crippen LogP contribution is -2.27. The molecule has 1 aromatic rings. The van der Waals surface area contributed by atoms with E-state index in [0.717, 1.165) is 30.5 Å². The summed E-state index contributed by atoms with van der Waals surface area (Å²) in [5, 5.41) is 3.28. The minimum atomic E-state index is 0.414. The maximum atomic E-state index is 5.40. The Hall–Kier alpha value is -1.26. The van der Waals surface area contributed by atoms with Gasteiger partial charge in [0.15, 0.2) is 11.5 Å². The highest BCUT2D eigenvalue weighted by atomic mass is 16.5. The van der Waals surface area contributed by atoms with Crippen molar-refractivity contribution in [1.29, 1.82) is 0 Å². The van der Waals surface area contributed by atoms with Crippen LogP contribution in [0.4, 0.5) is 0 Å². The Labute approximate surface area is 122 Å². The van der Waals surface area contributed by atoms with E-state index in [0.29, 0.717) is 6.04 Å². The number of nitrogens with zero attached hydrogens (tertiary/aromatic N) is 1. The molecule has 0 amide bonds. The maximum absolute atomic E-state index is 5.40. The Morgan fingerprint density at radius 2 is 2.05 bits per heavy atom. The predicted octanol–water partition coefficient (Wildman–Crippen LogP) is 2.31. The summed E-state index contributed by atoms with van der Waals surface area (Å²) in [5.41, 5.74) is 1.28. The molecule has 1 aromatic carbocycles. The zero-order chi connectivity index (χ0) is 14.5. The second-order valence-corrected chi connectivity index (χ2v) is 5.50. The summed E-state index contributed by atoms with van der Waals surface area (Å²) in [4.78, 5) is 2.54. The number of benzene rings is 1. The molecule has 1 N–H and O–H groups in total. The van der Waals surface area contributed by atoms with Gasteiger partial charge < -0.3 is 14.8 Å². The first-order valence-electron chi connectivity index (χ1n) is 7.30. The Balaban J connectivity index is 2.07. The van der Waals surface area contributed by atoms with Crippen molar-refractivity contribution in [2.75, 3.05) is 40.9 Å². The summed E-state index contributed by atoms with van der Waals surface area (Å²) in [7, 11) is 5.38. The summed E-state index contributed by atoms with van der Waals surface area (Å²) in [6.07, 6.45) is 1.28. The van der Waals surface area contributed by atoms with Crippen LogP contribution in [-0.2, 0) is 0 Å². The van der Waals surface area contributed by atoms with Crippen molar-refractivity contribution < 1.29 is 9.47 Å². The number of ether oxygens (including phenoxy) is 2. The standard InChI is InChI=1S/C16H26N2O2/c1-12(18-8-7-13(11-18)10-17-2)14-5-6-15(19-3)16(9-14)20-4/h5-6,9,12-13,17H,7-8,10-11H2,1-4H3. The summed E-state index contributed by atoms with van der Waals surface area (Å²) in [6.45, 7) is 5.70. The highest BCUT2D eigenvalue weighted by molar-refractivity contribution is 5.43. The first kappa shape index (κ1) is 15.1. The third-order valence-electron chi connectivity index (χ3n) is 4.25. The second-order valence-electron chi connectivity index (χ2n) is 5.50. The lowest BCUT2D eigenvalue weighted by molar-refractivity contribution is 0.251. The SMILES string of the molecule is CNCC1CCN(C(C)c2ccc(OC)c(OC)c2)C1. The van der Waals surface area contributed by atoms with E-state index in [1.54, 1.807) is 14.2 Å². The first-order chi connectivity index (χ1) is 9.69. The molecule has 2 atom stereocenters. The van der Waals surface area contributed by atoms with Crippen molar-refractivity contribution in [1.82, 2.24) is 10.2 Å². The zero-order valence-corrected chi connectivity index (χ0v) is 13.0. The van der Waals surface area contributed by atoms with E-state index in [9.17, 15) is 0 Å². The van der Waals surface area contributed by atoms with Crippen molar-refractivity contribution in [2.45, 2.75) is 19.4 Å². The quantitative estimate of drug-likeness (QED) is 0.866. The average molecular weight is 278 g/mol. The lowest BCUT2D eigenvalue weighted by Gasteiger charge is -2.25. The van der Waals surface area contributed by atoms with Gasteiger partial charge in [-0.05, 0) is 57.1 Å². The van der Waals surface area contributed by atoms with Gasteiger partial charge in [-0.25, -0.2) is 0 Å². The molecule has 20 heavy (non-hydrogen) atoms. The van der Waals surface area contributed by atoms with Crippen LogP contribution in [0.25, 0.3) is 0 Å². The normalized spacial score (nSPS) is 20.9. The fourth-order valence-corrected chi connectivity index (χ4v) is 2.99. The second kappa shape index (κ2) is 6.95. The molecule has 1 aliphatic heterocycles. The van der Waals surface area contributed by atoms with E-state index in [1.807, 2.05) is 13.1 Å². The number of nitrogens with one attached hydrogen (secondary N) is 1. The molecule has 0 aliphatic carbocycles. The summed E-state index contributed by atoms with van der Waals surface area (Å²) >= 11 is 0. The molecule has 2 unspecified atom stereocenters. The molecule has 0 spiro atoms. The smallest absolute Gasteiger partial charge is 0.161 e. The van der Waals surface area contributed by atoms with Crippen LogP contribution in [0, 0.1) is 5.92 Å². The van der Waals surface area contributed by atoms with Gasteiger partial charge in [0, 0.05) is 12.6 Å². The van der Waals surface area contributed by atoms with Crippen molar-refractivity contribution in [2.24, 2.45) is 5.92 Å². The van der Waals surface area contributed by atoms with Crippen molar-refractivity contribution in [3.63, 3.8) is 0 Å². The number of hydrogen-bond acceptors (Lipinski definition) is 4. The van der Waals surface area contributed by atoms with Crippen molar-refractivity contribution in [3.05, 3.63) is 23.8 Å². The number of rotatable bonds is 6. The van der Waals surface area contributed by atoms with Crippen molar-refractivity contribution >= 4 is 0 Å². The molecule has 1 heterocycles. The van der Waals surface area contributed by atoms with Crippen molar-refractivity contribution in [3.8, 4) is 11.5 Å². The zero-order valence-electron chi connectivity index (χ0n) is 13.0. The van der Waals surface area contributed by atoms with Crippen LogP contribution >= 0.6 is 0 Å². The molecular formula is C16H26N2O2. The molecular weight excluding hydrogens is 252 g/mol. The first-order valence-corrected chi connectivity index (χ1v) is 7.30. The van der Waals surface area contributed by atoms with Gasteiger partial charge in [0.1, 0.15) is 0 Å². The predicted molar refractivity (Wildman–Crippen MR) is 81.6 cm³/mol. The monoisotopic (exact) mass is 278 g/mol. The fraction of sp³-hybridized carbons (Fsp3) is 0.625. The highest BCUT2D eigenvalue weighted by Gasteiger charge is 2.26. The van der Waals surface area contributed by atoms with E-state index in [-0.39, 0.29) is 0 Å². The number of likely N-dealkylation sites (tertiary alicyclic amines) is 1. The van der Waals surface area contributed by atoms with Gasteiger partial charge >= 0.3 is 0 Å². The topological polar surface area (TPSA) is 33.7 Å². The molecule has 0 saturated carbocycles. The van der Waals surface area contributed by atoms with Crippen LogP contribution in [0.3, 0.4) is 0 Å². The summed E-state index contributed by atoms with van der Waals surface area (Å²) in [6, 6.07) is 6.63. The summed E-state index contributed by atoms with van der Waals surface area (Å²) < 4.78 is 10.7. The third kappa shape index (κ3) is 3.25. The minimum absolute atomic E-state index is 0.414. The Morgan fingerprint density at radius 1 is 1.30 bits per heavy atom. The molecule has 1 aliphatic rings. The van der Waals surface area contributed by atoms with Crippen LogP contribution in [0.2, 0.25) is 0 Å². The Morgan fingerprint density at radius 3 is 2.70 bits per heavy atom. The van der Waals surface area contributed by atoms with Crippen LogP contribution in [0.15, 0.2) is 18.2 Å². The number of methoxy groups -OCH3 is 2. The number of hydrogen-bond donors (Lipinski definition) is 1. The largest absolute Gasteiger partial charge is 0.493 e.